The minimum absolute atomic E-state index is 0. The molecule has 0 rings (SSSR count). The third kappa shape index (κ3) is 9.24. The zero-order valence-electron chi connectivity index (χ0n) is 1.23. The van der Waals surface area contributed by atoms with Gasteiger partial charge in [-0.3, -0.25) is 0 Å². The van der Waals surface area contributed by atoms with E-state index in [2.05, 4.69) is 0 Å². The smallest absolute Gasteiger partial charge is 0.316 e. The van der Waals surface area contributed by atoms with E-state index in [0.717, 1.165) is 0 Å². The SMILES string of the molecule is O.[Fe].[MgH2].[Mn]. The fraction of sp³-hybridized carbons (Fsp3) is 0. The molecule has 0 spiro atoms. The Labute approximate surface area is 62.3 Å². The third-order valence-corrected chi connectivity index (χ3v) is 0. The van der Waals surface area contributed by atoms with E-state index in [1.807, 2.05) is 0 Å². The first kappa shape index (κ1) is 42.0. The van der Waals surface area contributed by atoms with Gasteiger partial charge in [-0.15, -0.1) is 0 Å². The topological polar surface area (TPSA) is 31.5 Å². The van der Waals surface area contributed by atoms with Crippen molar-refractivity contribution in [3.05, 3.63) is 0 Å². The molecule has 0 aliphatic carbocycles. The van der Waals surface area contributed by atoms with Gasteiger partial charge in [0.1, 0.15) is 0 Å². The number of rotatable bonds is 0. The molecule has 0 saturated carbocycles. The summed E-state index contributed by atoms with van der Waals surface area (Å²) >= 11 is 0. The third-order valence-electron chi connectivity index (χ3n) is 0. The van der Waals surface area contributed by atoms with Crippen LogP contribution in [0.4, 0.5) is 0 Å². The van der Waals surface area contributed by atoms with Crippen LogP contribution in [0.5, 0.6) is 0 Å². The maximum atomic E-state index is 0. The molecule has 4 heavy (non-hydrogen) atoms. The molecule has 0 unspecified atom stereocenters. The molecule has 0 aliphatic rings. The normalized spacial score (nSPS) is 0. The summed E-state index contributed by atoms with van der Waals surface area (Å²) in [5.74, 6) is 0. The second-order valence-electron chi connectivity index (χ2n) is 0. The summed E-state index contributed by atoms with van der Waals surface area (Å²) < 4.78 is 0. The van der Waals surface area contributed by atoms with E-state index in [-0.39, 0.29) is 62.7 Å². The Morgan fingerprint density at radius 1 is 1.00 bits per heavy atom. The molecule has 0 fully saturated rings. The van der Waals surface area contributed by atoms with Crippen LogP contribution in [0, 0.1) is 0 Å². The molecule has 0 amide bonds. The van der Waals surface area contributed by atoms with Crippen molar-refractivity contribution in [2.45, 2.75) is 0 Å². The van der Waals surface area contributed by atoms with Crippen molar-refractivity contribution in [3.63, 3.8) is 0 Å². The maximum Gasteiger partial charge on any atom is 0.316 e. The molecule has 4 heteroatoms. The van der Waals surface area contributed by atoms with Crippen molar-refractivity contribution in [1.82, 2.24) is 0 Å². The molecule has 0 aromatic carbocycles. The zero-order valence-corrected chi connectivity index (χ0v) is 3.52. The van der Waals surface area contributed by atoms with E-state index in [4.69, 9.17) is 0 Å². The van der Waals surface area contributed by atoms with Crippen LogP contribution in [0.15, 0.2) is 0 Å². The number of hydrogen-bond acceptors (Lipinski definition) is 0. The monoisotopic (exact) mass is 155 g/mol. The van der Waals surface area contributed by atoms with Crippen LogP contribution in [0.25, 0.3) is 0 Å². The molecule has 1 radical (unpaired) electrons. The average Bonchev–Trinajstić information content (AvgIpc) is 0. The fourth-order valence-corrected chi connectivity index (χ4v) is 0. The summed E-state index contributed by atoms with van der Waals surface area (Å²) in [6, 6.07) is 0. The molecule has 0 atom stereocenters. The summed E-state index contributed by atoms with van der Waals surface area (Å²) in [5, 5.41) is 0. The summed E-state index contributed by atoms with van der Waals surface area (Å²) in [5.41, 5.74) is 0. The minimum Gasteiger partial charge on any atom is -0.412 e. The van der Waals surface area contributed by atoms with Gasteiger partial charge in [-0.25, -0.2) is 0 Å². The Balaban J connectivity index is 0. The minimum atomic E-state index is 0. The summed E-state index contributed by atoms with van der Waals surface area (Å²) in [4.78, 5) is 0. The van der Waals surface area contributed by atoms with Crippen molar-refractivity contribution in [2.75, 3.05) is 0 Å². The Morgan fingerprint density at radius 2 is 1.00 bits per heavy atom. The van der Waals surface area contributed by atoms with Gasteiger partial charge in [0, 0.05) is 34.1 Å². The van der Waals surface area contributed by atoms with Crippen LogP contribution >= 0.6 is 0 Å². The van der Waals surface area contributed by atoms with E-state index < -0.39 is 0 Å². The molecule has 0 aliphatic heterocycles. The first-order valence-corrected chi connectivity index (χ1v) is 0. The van der Waals surface area contributed by atoms with Gasteiger partial charge in [-0.05, 0) is 0 Å². The first-order chi connectivity index (χ1) is 0. The quantitative estimate of drug-likeness (QED) is 0.372. The van der Waals surface area contributed by atoms with Crippen molar-refractivity contribution in [3.8, 4) is 0 Å². The van der Waals surface area contributed by atoms with Crippen LogP contribution in [0.1, 0.15) is 0 Å². The van der Waals surface area contributed by atoms with Crippen molar-refractivity contribution >= 4 is 23.1 Å². The van der Waals surface area contributed by atoms with E-state index >= 15 is 0 Å². The number of hydrogen-bond donors (Lipinski definition) is 0. The molecular weight excluding hydrogens is 151 g/mol. The van der Waals surface area contributed by atoms with Crippen LogP contribution in [0.2, 0.25) is 0 Å². The van der Waals surface area contributed by atoms with Gasteiger partial charge in [0.05, 0.1) is 0 Å². The van der Waals surface area contributed by atoms with Crippen molar-refractivity contribution < 1.29 is 39.6 Å². The Kier molecular flexibility index (Phi) is 228. The van der Waals surface area contributed by atoms with Gasteiger partial charge in [-0.1, -0.05) is 0 Å². The van der Waals surface area contributed by atoms with Crippen molar-refractivity contribution in [1.29, 1.82) is 0 Å². The molecule has 0 saturated heterocycles. The van der Waals surface area contributed by atoms with Gasteiger partial charge in [0.25, 0.3) is 0 Å². The molecule has 0 bridgehead atoms. The molecule has 1 nitrogen and oxygen atoms in total. The van der Waals surface area contributed by atoms with Gasteiger partial charge >= 0.3 is 23.1 Å². The first-order valence-electron chi connectivity index (χ1n) is 0. The van der Waals surface area contributed by atoms with Gasteiger partial charge in [0.2, 0.25) is 0 Å². The second kappa shape index (κ2) is 21.7. The van der Waals surface area contributed by atoms with E-state index in [9.17, 15) is 0 Å². The summed E-state index contributed by atoms with van der Waals surface area (Å²) in [7, 11) is 0. The largest absolute Gasteiger partial charge is 0.412 e. The van der Waals surface area contributed by atoms with Crippen LogP contribution < -0.4 is 0 Å². The van der Waals surface area contributed by atoms with E-state index in [1.165, 1.54) is 0 Å². The summed E-state index contributed by atoms with van der Waals surface area (Å²) in [6.45, 7) is 0. The fourth-order valence-electron chi connectivity index (χ4n) is 0. The predicted octanol–water partition coefficient (Wildman–Crippen LogP) is -1.75. The van der Waals surface area contributed by atoms with Crippen LogP contribution in [-0.2, 0) is 34.1 Å². The molecule has 0 heterocycles. The van der Waals surface area contributed by atoms with Gasteiger partial charge < -0.3 is 5.48 Å². The molecular formula is H4FeMgMnO. The average molecular weight is 155 g/mol. The van der Waals surface area contributed by atoms with Crippen molar-refractivity contribution in [2.24, 2.45) is 0 Å². The Bertz CT molecular complexity index is 8.00. The second-order valence-corrected chi connectivity index (χ2v) is 0. The van der Waals surface area contributed by atoms with E-state index in [0.29, 0.717) is 0 Å². The van der Waals surface area contributed by atoms with Crippen LogP contribution in [0.3, 0.4) is 0 Å². The standard InChI is InChI=1S/Fe.Mg.Mn.H2O.2H/h;;;1H2;;. The molecule has 2 N–H and O–H groups in total. The van der Waals surface area contributed by atoms with Gasteiger partial charge in [-0.2, -0.15) is 0 Å². The molecule has 0 aromatic heterocycles. The van der Waals surface area contributed by atoms with Gasteiger partial charge in [0.15, 0.2) is 0 Å². The maximum absolute atomic E-state index is 0. The predicted molar refractivity (Wildman–Crippen MR) is 12.2 cm³/mol. The van der Waals surface area contributed by atoms with E-state index in [1.54, 1.807) is 0 Å². The Morgan fingerprint density at radius 3 is 1.00 bits per heavy atom. The molecule has 0 aromatic rings. The molecule has 27 valence electrons. The summed E-state index contributed by atoms with van der Waals surface area (Å²) in [6.07, 6.45) is 0. The zero-order chi connectivity index (χ0) is 0. The Hall–Kier alpha value is 1.77. The van der Waals surface area contributed by atoms with Crippen LogP contribution in [-0.4, -0.2) is 28.5 Å².